The molecule has 0 unspecified atom stereocenters. The van der Waals surface area contributed by atoms with Crippen LogP contribution in [0.5, 0.6) is 0 Å². The molecule has 0 saturated heterocycles. The molecule has 8 rings (SSSR count). The highest BCUT2D eigenvalue weighted by molar-refractivity contribution is 6.15. The maximum Gasteiger partial charge on any atom is 0.164 e. The van der Waals surface area contributed by atoms with Crippen LogP contribution in [0.25, 0.3) is 72.8 Å². The van der Waals surface area contributed by atoms with Crippen molar-refractivity contribution in [3.63, 3.8) is 0 Å². The van der Waals surface area contributed by atoms with Gasteiger partial charge in [-0.05, 0) is 47.5 Å². The summed E-state index contributed by atoms with van der Waals surface area (Å²) in [7, 11) is 0. The van der Waals surface area contributed by atoms with Crippen LogP contribution in [-0.2, 0) is 0 Å². The van der Waals surface area contributed by atoms with Gasteiger partial charge in [-0.25, -0.2) is 15.0 Å². The molecule has 2 aromatic heterocycles. The fourth-order valence-electron chi connectivity index (χ4n) is 5.32. The Morgan fingerprint density at radius 1 is 0.442 bits per heavy atom. The van der Waals surface area contributed by atoms with Crippen molar-refractivity contribution >= 4 is 21.8 Å². The fraction of sp³-hybridized carbons (Fsp3) is 0. The highest BCUT2D eigenvalue weighted by Crippen LogP contribution is 2.38. The number of fused-ring (bicyclic) bond motifs is 3. The molecule has 0 spiro atoms. The molecule has 0 saturated carbocycles. The van der Waals surface area contributed by atoms with Gasteiger partial charge in [0.2, 0.25) is 0 Å². The Hall–Kier alpha value is -5.87. The van der Waals surface area contributed by atoms with Crippen LogP contribution < -0.4 is 0 Å². The molecule has 6 aromatic carbocycles. The van der Waals surface area contributed by atoms with Crippen LogP contribution in [0.15, 0.2) is 158 Å². The second-order valence-corrected chi connectivity index (χ2v) is 9.84. The topological polar surface area (TPSA) is 43.6 Å². The Morgan fingerprint density at radius 3 is 1.63 bits per heavy atom. The molecule has 43 heavy (non-hydrogen) atoms. The molecule has 0 fully saturated rings. The average molecular weight is 560 g/mol. The second kappa shape index (κ2) is 10.5. The smallest absolute Gasteiger partial charge is 0.164 e. The number of para-hydroxylation sites is 1. The normalized spacial score (nSPS) is 14.2. The van der Waals surface area contributed by atoms with Crippen LogP contribution in [0.4, 0.5) is 0 Å². The summed E-state index contributed by atoms with van der Waals surface area (Å²) in [5.74, 6) is 1.45. The van der Waals surface area contributed by atoms with Crippen LogP contribution in [0.3, 0.4) is 0 Å². The van der Waals surface area contributed by atoms with E-state index in [9.17, 15) is 0 Å². The first-order valence-corrected chi connectivity index (χ1v) is 13.6. The van der Waals surface area contributed by atoms with E-state index in [2.05, 4.69) is 0 Å². The van der Waals surface area contributed by atoms with E-state index in [4.69, 9.17) is 27.3 Å². The van der Waals surface area contributed by atoms with E-state index in [-0.39, 0.29) is 34.1 Å². The lowest BCUT2D eigenvalue weighted by atomic mass is 9.99. The Kier molecular flexibility index (Phi) is 4.20. The molecule has 0 atom stereocenters. The summed E-state index contributed by atoms with van der Waals surface area (Å²) in [6, 6.07) is 27.7. The summed E-state index contributed by atoms with van der Waals surface area (Å²) in [6.07, 6.45) is 0. The van der Waals surface area contributed by atoms with E-state index >= 15 is 0 Å². The van der Waals surface area contributed by atoms with Gasteiger partial charge in [0.05, 0.1) is 23.4 Å². The lowest BCUT2D eigenvalue weighted by Gasteiger charge is -2.11. The number of hydrogen-bond acceptors (Lipinski definition) is 3. The number of aromatic nitrogens is 4. The number of hydrogen-bond donors (Lipinski definition) is 0. The summed E-state index contributed by atoms with van der Waals surface area (Å²) in [5.41, 5.74) is 3.76. The molecule has 8 aromatic rings. The van der Waals surface area contributed by atoms with Crippen molar-refractivity contribution in [2.75, 3.05) is 0 Å². The van der Waals surface area contributed by atoms with E-state index < -0.39 is 42.3 Å². The molecule has 4 heteroatoms. The zero-order chi connectivity index (χ0) is 36.4. The molecule has 0 aliphatic rings. The van der Waals surface area contributed by atoms with Gasteiger partial charge in [-0.15, -0.1) is 0 Å². The zero-order valence-corrected chi connectivity index (χ0v) is 22.6. The van der Waals surface area contributed by atoms with Crippen LogP contribution in [0, 0.1) is 0 Å². The molecular formula is C39H26N4. The second-order valence-electron chi connectivity index (χ2n) is 9.84. The van der Waals surface area contributed by atoms with Gasteiger partial charge >= 0.3 is 0 Å². The predicted octanol–water partition coefficient (Wildman–Crippen LogP) is 9.64. The maximum absolute atomic E-state index is 8.99. The number of benzene rings is 6. The zero-order valence-electron chi connectivity index (χ0n) is 31.6. The first-order chi connectivity index (χ1) is 25.1. The molecular weight excluding hydrogens is 524 g/mol. The van der Waals surface area contributed by atoms with Crippen molar-refractivity contribution in [3.8, 4) is 51.0 Å². The van der Waals surface area contributed by atoms with E-state index in [1.54, 1.807) is 34.9 Å². The highest BCUT2D eigenvalue weighted by Gasteiger charge is 2.17. The van der Waals surface area contributed by atoms with Gasteiger partial charge in [-0.1, -0.05) is 121 Å². The molecule has 4 nitrogen and oxygen atoms in total. The molecule has 0 aliphatic heterocycles. The predicted molar refractivity (Wildman–Crippen MR) is 176 cm³/mol. The van der Waals surface area contributed by atoms with Gasteiger partial charge in [0, 0.05) is 33.2 Å². The third-order valence-electron chi connectivity index (χ3n) is 7.28. The van der Waals surface area contributed by atoms with Gasteiger partial charge in [-0.2, -0.15) is 0 Å². The minimum Gasteiger partial charge on any atom is -0.309 e. The summed E-state index contributed by atoms with van der Waals surface area (Å²) < 4.78 is 78.8. The molecule has 202 valence electrons. The first-order valence-electron chi connectivity index (χ1n) is 18.1. The highest BCUT2D eigenvalue weighted by atomic mass is 15.0. The van der Waals surface area contributed by atoms with Gasteiger partial charge in [0.15, 0.2) is 17.5 Å². The van der Waals surface area contributed by atoms with E-state index in [1.165, 1.54) is 0 Å². The average Bonchev–Trinajstić information content (AvgIpc) is 3.54. The fourth-order valence-corrected chi connectivity index (χ4v) is 5.32. The Balaban J connectivity index is 1.37. The Morgan fingerprint density at radius 2 is 1.00 bits per heavy atom. The quantitative estimate of drug-likeness (QED) is 0.211. The minimum atomic E-state index is -0.527. The van der Waals surface area contributed by atoms with E-state index in [0.717, 1.165) is 11.1 Å². The monoisotopic (exact) mass is 559 g/mol. The molecule has 0 N–H and O–H groups in total. The maximum atomic E-state index is 8.99. The molecule has 0 radical (unpaired) electrons. The molecule has 0 bridgehead atoms. The van der Waals surface area contributed by atoms with Gasteiger partial charge in [0.25, 0.3) is 0 Å². The van der Waals surface area contributed by atoms with E-state index in [1.807, 2.05) is 72.8 Å². The van der Waals surface area contributed by atoms with Gasteiger partial charge in [0.1, 0.15) is 0 Å². The number of nitrogens with zero attached hydrogens (tertiary/aromatic N) is 4. The Labute approximate surface area is 262 Å². The first kappa shape index (κ1) is 17.2. The van der Waals surface area contributed by atoms with Gasteiger partial charge in [-0.3, -0.25) is 0 Å². The van der Waals surface area contributed by atoms with Crippen LogP contribution in [-0.4, -0.2) is 19.5 Å². The van der Waals surface area contributed by atoms with Crippen molar-refractivity contribution in [1.82, 2.24) is 19.5 Å². The third-order valence-corrected chi connectivity index (χ3v) is 7.28. The van der Waals surface area contributed by atoms with Crippen LogP contribution in [0.1, 0.15) is 12.3 Å². The minimum absolute atomic E-state index is 0.0586. The molecule has 0 aliphatic carbocycles. The van der Waals surface area contributed by atoms with E-state index in [0.29, 0.717) is 39.6 Å². The largest absolute Gasteiger partial charge is 0.309 e. The lowest BCUT2D eigenvalue weighted by molar-refractivity contribution is 1.07. The standard InChI is InChI=1S/C39H26N4/c1-4-13-27(14-5-1)32-20-12-22-35-36(32)33-19-10-11-21-34(33)43(35)31-25-23-30(24-26-31)39-41-37(28-15-6-2-7-16-28)40-38(42-39)29-17-8-3-9-18-29/h1-26H/i1D,4D,5D,10D,11D,13D,14D,19D,21D. The van der Waals surface area contributed by atoms with Crippen molar-refractivity contribution in [1.29, 1.82) is 0 Å². The van der Waals surface area contributed by atoms with Gasteiger partial charge < -0.3 is 4.57 Å². The SMILES string of the molecule is [2H]c1c([2H])c([2H])c(-c2cccc3c2c2c([2H])c([2H])c([2H])c([2H])c2n3-c2ccc(-c3nc(-c4ccccc4)nc(-c4ccccc4)n3)cc2)c([2H])c1[2H]. The van der Waals surface area contributed by atoms with Crippen molar-refractivity contribution in [3.05, 3.63) is 158 Å². The Bertz CT molecular complexity index is 2630. The van der Waals surface area contributed by atoms with Crippen molar-refractivity contribution in [2.45, 2.75) is 0 Å². The summed E-state index contributed by atoms with van der Waals surface area (Å²) in [6.45, 7) is 0. The summed E-state index contributed by atoms with van der Waals surface area (Å²) >= 11 is 0. The van der Waals surface area contributed by atoms with Crippen molar-refractivity contribution < 1.29 is 12.3 Å². The van der Waals surface area contributed by atoms with Crippen LogP contribution in [0.2, 0.25) is 0 Å². The van der Waals surface area contributed by atoms with Crippen LogP contribution >= 0.6 is 0 Å². The molecule has 2 heterocycles. The van der Waals surface area contributed by atoms with Crippen molar-refractivity contribution in [2.24, 2.45) is 0 Å². The summed E-state index contributed by atoms with van der Waals surface area (Å²) in [4.78, 5) is 14.4. The molecule has 0 amide bonds. The summed E-state index contributed by atoms with van der Waals surface area (Å²) in [5, 5.41) is 0.509. The number of rotatable bonds is 5. The lowest BCUT2D eigenvalue weighted by Crippen LogP contribution is -2.00. The third kappa shape index (κ3) is 4.46.